The highest BCUT2D eigenvalue weighted by atomic mass is 32.2. The molecule has 1 aromatic carbocycles. The Bertz CT molecular complexity index is 669. The van der Waals surface area contributed by atoms with E-state index in [1.165, 1.54) is 17.0 Å². The smallest absolute Gasteiger partial charge is 0.232 e. The SMILES string of the molecule is CCOc1ccccc1N(CCCC(=O)N1CCCCC1)S(C)(=O)=O. The summed E-state index contributed by atoms with van der Waals surface area (Å²) in [6.07, 6.45) is 5.33. The molecule has 25 heavy (non-hydrogen) atoms. The largest absolute Gasteiger partial charge is 0.492 e. The lowest BCUT2D eigenvalue weighted by atomic mass is 10.1. The van der Waals surface area contributed by atoms with Gasteiger partial charge in [0, 0.05) is 26.1 Å². The molecule has 0 aromatic heterocycles. The number of sulfonamides is 1. The second-order valence-electron chi connectivity index (χ2n) is 6.28. The Morgan fingerprint density at radius 2 is 1.88 bits per heavy atom. The van der Waals surface area contributed by atoms with Crippen molar-refractivity contribution in [2.24, 2.45) is 0 Å². The summed E-state index contributed by atoms with van der Waals surface area (Å²) in [5.41, 5.74) is 0.525. The Kier molecular flexibility index (Phi) is 7.11. The number of benzene rings is 1. The Morgan fingerprint density at radius 1 is 1.20 bits per heavy atom. The first-order valence-corrected chi connectivity index (χ1v) is 10.8. The Hall–Kier alpha value is -1.76. The van der Waals surface area contributed by atoms with E-state index >= 15 is 0 Å². The van der Waals surface area contributed by atoms with E-state index in [2.05, 4.69) is 0 Å². The zero-order valence-corrected chi connectivity index (χ0v) is 15.9. The van der Waals surface area contributed by atoms with Gasteiger partial charge in [-0.15, -0.1) is 0 Å². The van der Waals surface area contributed by atoms with Gasteiger partial charge in [0.05, 0.1) is 18.6 Å². The average Bonchev–Trinajstić information content (AvgIpc) is 2.59. The quantitative estimate of drug-likeness (QED) is 0.707. The molecule has 7 heteroatoms. The standard InChI is InChI=1S/C18H28N2O4S/c1-3-24-17-11-6-5-10-16(17)20(25(2,22)23)15-9-12-18(21)19-13-7-4-8-14-19/h5-6,10-11H,3-4,7-9,12-15H2,1-2H3. The van der Waals surface area contributed by atoms with E-state index in [1.807, 2.05) is 17.9 Å². The van der Waals surface area contributed by atoms with Gasteiger partial charge in [0.15, 0.2) is 0 Å². The molecule has 6 nitrogen and oxygen atoms in total. The molecule has 0 atom stereocenters. The van der Waals surface area contributed by atoms with E-state index < -0.39 is 10.0 Å². The number of piperidine rings is 1. The number of para-hydroxylation sites is 2. The molecule has 140 valence electrons. The zero-order valence-electron chi connectivity index (χ0n) is 15.1. The van der Waals surface area contributed by atoms with E-state index in [-0.39, 0.29) is 12.5 Å². The molecule has 0 radical (unpaired) electrons. The van der Waals surface area contributed by atoms with Crippen molar-refractivity contribution in [3.05, 3.63) is 24.3 Å². The van der Waals surface area contributed by atoms with Crippen LogP contribution in [0.2, 0.25) is 0 Å². The maximum Gasteiger partial charge on any atom is 0.232 e. The van der Waals surface area contributed by atoms with Crippen LogP contribution in [-0.2, 0) is 14.8 Å². The van der Waals surface area contributed by atoms with E-state index in [1.54, 1.807) is 18.2 Å². The highest BCUT2D eigenvalue weighted by Gasteiger charge is 2.22. The number of hydrogen-bond donors (Lipinski definition) is 0. The van der Waals surface area contributed by atoms with Gasteiger partial charge >= 0.3 is 0 Å². The highest BCUT2D eigenvalue weighted by Crippen LogP contribution is 2.30. The van der Waals surface area contributed by atoms with Crippen molar-refractivity contribution >= 4 is 21.6 Å². The molecular weight excluding hydrogens is 340 g/mol. The van der Waals surface area contributed by atoms with Crippen molar-refractivity contribution in [2.45, 2.75) is 39.0 Å². The number of hydrogen-bond acceptors (Lipinski definition) is 4. The highest BCUT2D eigenvalue weighted by molar-refractivity contribution is 7.92. The van der Waals surface area contributed by atoms with Gasteiger partial charge in [0.25, 0.3) is 0 Å². The molecular formula is C18H28N2O4S. The molecule has 1 saturated heterocycles. The molecule has 0 N–H and O–H groups in total. The van der Waals surface area contributed by atoms with Crippen LogP contribution in [0.25, 0.3) is 0 Å². The van der Waals surface area contributed by atoms with Crippen LogP contribution in [-0.4, -0.2) is 51.7 Å². The average molecular weight is 368 g/mol. The number of nitrogens with zero attached hydrogens (tertiary/aromatic N) is 2. The van der Waals surface area contributed by atoms with Gasteiger partial charge in [0.2, 0.25) is 15.9 Å². The number of carbonyl (C=O) groups is 1. The molecule has 2 rings (SSSR count). The van der Waals surface area contributed by atoms with Crippen LogP contribution in [0.15, 0.2) is 24.3 Å². The van der Waals surface area contributed by atoms with Crippen molar-refractivity contribution in [3.63, 3.8) is 0 Å². The van der Waals surface area contributed by atoms with Crippen LogP contribution in [0.1, 0.15) is 39.0 Å². The predicted octanol–water partition coefficient (Wildman–Crippen LogP) is 2.64. The van der Waals surface area contributed by atoms with Crippen LogP contribution < -0.4 is 9.04 Å². The molecule has 0 aliphatic carbocycles. The van der Waals surface area contributed by atoms with Gasteiger partial charge in [-0.25, -0.2) is 8.42 Å². The first-order chi connectivity index (χ1) is 11.9. The lowest BCUT2D eigenvalue weighted by Crippen LogP contribution is -2.36. The first kappa shape index (κ1) is 19.6. The van der Waals surface area contributed by atoms with Crippen molar-refractivity contribution in [1.82, 2.24) is 4.90 Å². The maximum absolute atomic E-state index is 12.3. The van der Waals surface area contributed by atoms with Crippen molar-refractivity contribution in [3.8, 4) is 5.75 Å². The second kappa shape index (κ2) is 9.08. The zero-order chi connectivity index (χ0) is 18.3. The molecule has 0 saturated carbocycles. The summed E-state index contributed by atoms with van der Waals surface area (Å²) in [5.74, 6) is 0.657. The number of likely N-dealkylation sites (tertiary alicyclic amines) is 1. The number of ether oxygens (including phenoxy) is 1. The Morgan fingerprint density at radius 3 is 2.52 bits per heavy atom. The maximum atomic E-state index is 12.3. The summed E-state index contributed by atoms with van der Waals surface area (Å²) in [6.45, 7) is 4.23. The summed E-state index contributed by atoms with van der Waals surface area (Å²) < 4.78 is 31.4. The lowest BCUT2D eigenvalue weighted by Gasteiger charge is -2.28. The lowest BCUT2D eigenvalue weighted by molar-refractivity contribution is -0.132. The summed E-state index contributed by atoms with van der Waals surface area (Å²) in [7, 11) is -3.45. The van der Waals surface area contributed by atoms with Crippen LogP contribution in [0.3, 0.4) is 0 Å². The van der Waals surface area contributed by atoms with E-state index in [0.29, 0.717) is 30.9 Å². The third-order valence-corrected chi connectivity index (χ3v) is 5.47. The van der Waals surface area contributed by atoms with Crippen molar-refractivity contribution < 1.29 is 17.9 Å². The fourth-order valence-corrected chi connectivity index (χ4v) is 4.05. The topological polar surface area (TPSA) is 66.9 Å². The summed E-state index contributed by atoms with van der Waals surface area (Å²) in [6, 6.07) is 7.10. The van der Waals surface area contributed by atoms with E-state index in [0.717, 1.165) is 25.9 Å². The van der Waals surface area contributed by atoms with Gasteiger partial charge in [-0.3, -0.25) is 9.10 Å². The molecule has 0 unspecified atom stereocenters. The number of anilines is 1. The molecule has 1 aliphatic heterocycles. The molecule has 0 bridgehead atoms. The van der Waals surface area contributed by atoms with Crippen LogP contribution in [0, 0.1) is 0 Å². The summed E-state index contributed by atoms with van der Waals surface area (Å²) in [5, 5.41) is 0. The first-order valence-electron chi connectivity index (χ1n) is 8.90. The van der Waals surface area contributed by atoms with Gasteiger partial charge in [-0.1, -0.05) is 12.1 Å². The van der Waals surface area contributed by atoms with Gasteiger partial charge < -0.3 is 9.64 Å². The minimum absolute atomic E-state index is 0.117. The molecule has 1 amide bonds. The normalized spacial score (nSPS) is 15.0. The fourth-order valence-electron chi connectivity index (χ4n) is 3.08. The number of amides is 1. The third kappa shape index (κ3) is 5.63. The molecule has 1 fully saturated rings. The van der Waals surface area contributed by atoms with Crippen LogP contribution in [0.4, 0.5) is 5.69 Å². The molecule has 1 heterocycles. The second-order valence-corrected chi connectivity index (χ2v) is 8.19. The minimum atomic E-state index is -3.45. The molecule has 1 aromatic rings. The summed E-state index contributed by atoms with van der Waals surface area (Å²) >= 11 is 0. The fraction of sp³-hybridized carbons (Fsp3) is 0.611. The van der Waals surface area contributed by atoms with Gasteiger partial charge in [0.1, 0.15) is 5.75 Å². The third-order valence-electron chi connectivity index (χ3n) is 4.29. The summed E-state index contributed by atoms with van der Waals surface area (Å²) in [4.78, 5) is 14.2. The Balaban J connectivity index is 2.03. The Labute approximate surface area is 150 Å². The van der Waals surface area contributed by atoms with Crippen LogP contribution >= 0.6 is 0 Å². The van der Waals surface area contributed by atoms with E-state index in [9.17, 15) is 13.2 Å². The van der Waals surface area contributed by atoms with Crippen molar-refractivity contribution in [2.75, 3.05) is 36.8 Å². The van der Waals surface area contributed by atoms with Crippen LogP contribution in [0.5, 0.6) is 5.75 Å². The number of rotatable bonds is 8. The van der Waals surface area contributed by atoms with E-state index in [4.69, 9.17) is 4.74 Å². The van der Waals surface area contributed by atoms with Crippen molar-refractivity contribution in [1.29, 1.82) is 0 Å². The predicted molar refractivity (Wildman–Crippen MR) is 99.5 cm³/mol. The molecule has 1 aliphatic rings. The van der Waals surface area contributed by atoms with Gasteiger partial charge in [-0.2, -0.15) is 0 Å². The molecule has 0 spiro atoms. The van der Waals surface area contributed by atoms with Gasteiger partial charge in [-0.05, 0) is 44.7 Å². The monoisotopic (exact) mass is 368 g/mol. The number of carbonyl (C=O) groups excluding carboxylic acids is 1. The minimum Gasteiger partial charge on any atom is -0.492 e.